The molecule has 0 aromatic heterocycles. The summed E-state index contributed by atoms with van der Waals surface area (Å²) in [6.45, 7) is -0.459. The zero-order valence-corrected chi connectivity index (χ0v) is 12.9. The SMILES string of the molecule is CN(C)S(=O)(=O)CCNS(=O)(=O)c1ccc(F)c(N)c1F. The highest BCUT2D eigenvalue weighted by molar-refractivity contribution is 7.90. The second-order valence-electron chi connectivity index (χ2n) is 4.27. The number of hydrogen-bond donors (Lipinski definition) is 2. The largest absolute Gasteiger partial charge is 0.394 e. The van der Waals surface area contributed by atoms with E-state index >= 15 is 0 Å². The van der Waals surface area contributed by atoms with Crippen LogP contribution in [0.15, 0.2) is 17.0 Å². The number of nitrogens with one attached hydrogen (secondary N) is 1. The summed E-state index contributed by atoms with van der Waals surface area (Å²) in [7, 11) is -5.34. The predicted molar refractivity (Wildman–Crippen MR) is 73.4 cm³/mol. The molecule has 3 N–H and O–H groups in total. The van der Waals surface area contributed by atoms with E-state index in [0.29, 0.717) is 12.1 Å². The van der Waals surface area contributed by atoms with Crippen LogP contribution in [0.3, 0.4) is 0 Å². The van der Waals surface area contributed by atoms with Gasteiger partial charge in [0.1, 0.15) is 16.4 Å². The third kappa shape index (κ3) is 4.09. The molecule has 0 spiro atoms. The third-order valence-electron chi connectivity index (χ3n) is 2.59. The second kappa shape index (κ2) is 6.22. The maximum atomic E-state index is 13.6. The van der Waals surface area contributed by atoms with Gasteiger partial charge in [0.15, 0.2) is 5.82 Å². The van der Waals surface area contributed by atoms with Crippen molar-refractivity contribution in [1.29, 1.82) is 0 Å². The van der Waals surface area contributed by atoms with Gasteiger partial charge in [-0.25, -0.2) is 34.6 Å². The summed E-state index contributed by atoms with van der Waals surface area (Å²) in [4.78, 5) is -0.844. The van der Waals surface area contributed by atoms with Gasteiger partial charge in [0.2, 0.25) is 20.0 Å². The first-order chi connectivity index (χ1) is 9.49. The summed E-state index contributed by atoms with van der Waals surface area (Å²) in [5.74, 6) is -3.00. The summed E-state index contributed by atoms with van der Waals surface area (Å²) < 4.78 is 76.1. The summed E-state index contributed by atoms with van der Waals surface area (Å²) >= 11 is 0. The van der Waals surface area contributed by atoms with Crippen LogP contribution < -0.4 is 10.5 Å². The smallest absolute Gasteiger partial charge is 0.243 e. The predicted octanol–water partition coefficient (Wildman–Crippen LogP) is -0.283. The fraction of sp³-hybridized carbons (Fsp3) is 0.400. The highest BCUT2D eigenvalue weighted by Crippen LogP contribution is 2.22. The summed E-state index contributed by atoms with van der Waals surface area (Å²) in [6, 6.07) is 1.42. The molecule has 0 bridgehead atoms. The molecule has 21 heavy (non-hydrogen) atoms. The molecule has 120 valence electrons. The minimum atomic E-state index is -4.33. The lowest BCUT2D eigenvalue weighted by Gasteiger charge is -2.12. The first-order valence-electron chi connectivity index (χ1n) is 5.62. The van der Waals surface area contributed by atoms with Crippen LogP contribution in [-0.2, 0) is 20.0 Å². The number of hydrogen-bond acceptors (Lipinski definition) is 5. The van der Waals surface area contributed by atoms with Crippen molar-refractivity contribution in [2.24, 2.45) is 0 Å². The molecule has 0 saturated heterocycles. The molecule has 0 aliphatic heterocycles. The zero-order valence-electron chi connectivity index (χ0n) is 11.3. The third-order valence-corrected chi connectivity index (χ3v) is 5.90. The maximum absolute atomic E-state index is 13.6. The Morgan fingerprint density at radius 1 is 1.19 bits per heavy atom. The molecule has 0 amide bonds. The van der Waals surface area contributed by atoms with Crippen molar-refractivity contribution < 1.29 is 25.6 Å². The molecule has 11 heteroatoms. The number of nitrogen functional groups attached to an aromatic ring is 1. The number of sulfonamides is 2. The molecule has 1 aromatic carbocycles. The highest BCUT2D eigenvalue weighted by atomic mass is 32.2. The number of benzene rings is 1. The number of rotatable bonds is 6. The fourth-order valence-corrected chi connectivity index (χ4v) is 3.30. The van der Waals surface area contributed by atoms with Gasteiger partial charge >= 0.3 is 0 Å². The Balaban J connectivity index is 2.92. The average molecular weight is 343 g/mol. The molecule has 0 radical (unpaired) electrons. The van der Waals surface area contributed by atoms with Crippen LogP contribution in [0.4, 0.5) is 14.5 Å². The molecular formula is C10H15F2N3O4S2. The van der Waals surface area contributed by atoms with E-state index in [0.717, 1.165) is 4.31 Å². The van der Waals surface area contributed by atoms with Gasteiger partial charge in [0, 0.05) is 20.6 Å². The first kappa shape index (κ1) is 17.8. The van der Waals surface area contributed by atoms with Crippen molar-refractivity contribution in [3.8, 4) is 0 Å². The van der Waals surface area contributed by atoms with Gasteiger partial charge in [-0.1, -0.05) is 0 Å². The van der Waals surface area contributed by atoms with E-state index < -0.39 is 54.6 Å². The molecule has 1 aromatic rings. The molecule has 0 saturated carbocycles. The quantitative estimate of drug-likeness (QED) is 0.690. The van der Waals surface area contributed by atoms with E-state index in [1.54, 1.807) is 0 Å². The lowest BCUT2D eigenvalue weighted by Crippen LogP contribution is -2.34. The second-order valence-corrected chi connectivity index (χ2v) is 8.31. The van der Waals surface area contributed by atoms with E-state index in [4.69, 9.17) is 5.73 Å². The van der Waals surface area contributed by atoms with Crippen molar-refractivity contribution in [3.63, 3.8) is 0 Å². The monoisotopic (exact) mass is 343 g/mol. The van der Waals surface area contributed by atoms with E-state index in [-0.39, 0.29) is 0 Å². The molecule has 0 heterocycles. The minimum absolute atomic E-state index is 0.459. The van der Waals surface area contributed by atoms with Crippen molar-refractivity contribution >= 4 is 25.7 Å². The number of anilines is 1. The van der Waals surface area contributed by atoms with Gasteiger partial charge in [-0.2, -0.15) is 0 Å². The van der Waals surface area contributed by atoms with Gasteiger partial charge in [0.05, 0.1) is 5.75 Å². The molecular weight excluding hydrogens is 328 g/mol. The Hall–Kier alpha value is -1.30. The summed E-state index contributed by atoms with van der Waals surface area (Å²) in [6.07, 6.45) is 0. The van der Waals surface area contributed by atoms with E-state index in [1.165, 1.54) is 14.1 Å². The van der Waals surface area contributed by atoms with E-state index in [9.17, 15) is 25.6 Å². The van der Waals surface area contributed by atoms with Gasteiger partial charge in [-0.15, -0.1) is 0 Å². The number of halogens is 2. The van der Waals surface area contributed by atoms with E-state index in [1.807, 2.05) is 4.72 Å². The molecule has 7 nitrogen and oxygen atoms in total. The molecule has 1 rings (SSSR count). The first-order valence-corrected chi connectivity index (χ1v) is 8.71. The van der Waals surface area contributed by atoms with Crippen molar-refractivity contribution in [2.45, 2.75) is 4.90 Å². The number of nitrogens with zero attached hydrogens (tertiary/aromatic N) is 1. The molecule has 0 aliphatic rings. The fourth-order valence-electron chi connectivity index (χ4n) is 1.32. The maximum Gasteiger partial charge on any atom is 0.243 e. The van der Waals surface area contributed by atoms with Gasteiger partial charge < -0.3 is 5.73 Å². The Labute approximate surface area is 121 Å². The van der Waals surface area contributed by atoms with Gasteiger partial charge in [-0.05, 0) is 12.1 Å². The molecule has 0 aliphatic carbocycles. The van der Waals surface area contributed by atoms with Crippen LogP contribution >= 0.6 is 0 Å². The van der Waals surface area contributed by atoms with Crippen molar-refractivity contribution in [2.75, 3.05) is 32.1 Å². The van der Waals surface area contributed by atoms with Crippen LogP contribution in [0.1, 0.15) is 0 Å². The Morgan fingerprint density at radius 3 is 2.29 bits per heavy atom. The zero-order chi connectivity index (χ0) is 16.4. The van der Waals surface area contributed by atoms with Crippen molar-refractivity contribution in [3.05, 3.63) is 23.8 Å². The van der Waals surface area contributed by atoms with Gasteiger partial charge in [-0.3, -0.25) is 0 Å². The lowest BCUT2D eigenvalue weighted by molar-refractivity contribution is 0.519. The van der Waals surface area contributed by atoms with Crippen molar-refractivity contribution in [1.82, 2.24) is 9.03 Å². The summed E-state index contributed by atoms with van der Waals surface area (Å²) in [5, 5.41) is 0. The molecule has 0 unspecified atom stereocenters. The van der Waals surface area contributed by atoms with Crippen LogP contribution in [0.25, 0.3) is 0 Å². The van der Waals surface area contributed by atoms with Crippen LogP contribution in [0, 0.1) is 11.6 Å². The summed E-state index contributed by atoms with van der Waals surface area (Å²) in [5.41, 5.74) is 4.15. The lowest BCUT2D eigenvalue weighted by atomic mass is 10.3. The number of nitrogens with two attached hydrogens (primary N) is 1. The molecule has 0 atom stereocenters. The topological polar surface area (TPSA) is 110 Å². The average Bonchev–Trinajstić information content (AvgIpc) is 2.35. The van der Waals surface area contributed by atoms with Crippen LogP contribution in [-0.4, -0.2) is 47.5 Å². The normalized spacial score (nSPS) is 12.8. The highest BCUT2D eigenvalue weighted by Gasteiger charge is 2.23. The Morgan fingerprint density at radius 2 is 1.76 bits per heavy atom. The van der Waals surface area contributed by atoms with Crippen LogP contribution in [0.5, 0.6) is 0 Å². The standard InChI is InChI=1S/C10H15F2N3O4S2/c1-15(2)20(16,17)6-5-14-21(18,19)8-4-3-7(11)10(13)9(8)12/h3-4,14H,5-6,13H2,1-2H3. The van der Waals surface area contributed by atoms with E-state index in [2.05, 4.69) is 0 Å². The molecule has 0 fully saturated rings. The minimum Gasteiger partial charge on any atom is -0.394 e. The van der Waals surface area contributed by atoms with Crippen LogP contribution in [0.2, 0.25) is 0 Å². The van der Waals surface area contributed by atoms with Gasteiger partial charge in [0.25, 0.3) is 0 Å². The Bertz CT molecular complexity index is 733. The Kier molecular flexibility index (Phi) is 5.25.